The highest BCUT2D eigenvalue weighted by atomic mass is 15.3. The zero-order valence-electron chi connectivity index (χ0n) is 11.9. The highest BCUT2D eigenvalue weighted by Gasteiger charge is 2.24. The summed E-state index contributed by atoms with van der Waals surface area (Å²) in [5, 5.41) is 4.25. The van der Waals surface area contributed by atoms with Crippen molar-refractivity contribution in [2.45, 2.75) is 40.2 Å². The van der Waals surface area contributed by atoms with E-state index in [4.69, 9.17) is 5.73 Å². The van der Waals surface area contributed by atoms with Gasteiger partial charge in [0.2, 0.25) is 0 Å². The minimum Gasteiger partial charge on any atom is -0.383 e. The summed E-state index contributed by atoms with van der Waals surface area (Å²) in [6.07, 6.45) is 1.82. The number of aryl methyl sites for hydroxylation is 2. The molecule has 18 heavy (non-hydrogen) atoms. The third-order valence-electron chi connectivity index (χ3n) is 3.24. The Balaban J connectivity index is 2.65. The fraction of sp³-hybridized carbons (Fsp3) is 0.538. The van der Waals surface area contributed by atoms with E-state index in [-0.39, 0.29) is 5.54 Å². The second-order valence-electron chi connectivity index (χ2n) is 5.67. The van der Waals surface area contributed by atoms with Crippen LogP contribution < -0.4 is 5.73 Å². The molecular formula is C13H21N5. The van der Waals surface area contributed by atoms with Crippen LogP contribution in [0.2, 0.25) is 0 Å². The Morgan fingerprint density at radius 1 is 1.22 bits per heavy atom. The van der Waals surface area contributed by atoms with Gasteiger partial charge in [-0.1, -0.05) is 0 Å². The Morgan fingerprint density at radius 2 is 1.83 bits per heavy atom. The average molecular weight is 247 g/mol. The van der Waals surface area contributed by atoms with Crippen molar-refractivity contribution in [2.24, 2.45) is 7.05 Å². The molecule has 2 N–H and O–H groups in total. The van der Waals surface area contributed by atoms with Gasteiger partial charge in [0.25, 0.3) is 0 Å². The zero-order valence-corrected chi connectivity index (χ0v) is 11.9. The summed E-state index contributed by atoms with van der Waals surface area (Å²) in [6.45, 7) is 10.4. The number of hydrogen-bond donors (Lipinski definition) is 1. The van der Waals surface area contributed by atoms with Gasteiger partial charge in [-0.2, -0.15) is 5.10 Å². The number of nitrogens with two attached hydrogens (primary N) is 1. The maximum absolute atomic E-state index is 6.26. The van der Waals surface area contributed by atoms with Crippen LogP contribution in [-0.2, 0) is 12.6 Å². The van der Waals surface area contributed by atoms with E-state index in [9.17, 15) is 0 Å². The Morgan fingerprint density at radius 3 is 2.22 bits per heavy atom. The van der Waals surface area contributed by atoms with Gasteiger partial charge >= 0.3 is 0 Å². The first kappa shape index (κ1) is 12.7. The lowest BCUT2D eigenvalue weighted by Crippen LogP contribution is -2.24. The summed E-state index contributed by atoms with van der Waals surface area (Å²) in [7, 11) is 1.92. The second kappa shape index (κ2) is 3.86. The fourth-order valence-electron chi connectivity index (χ4n) is 2.33. The molecule has 0 amide bonds. The van der Waals surface area contributed by atoms with Crippen molar-refractivity contribution in [1.29, 1.82) is 0 Å². The number of hydrogen-bond acceptors (Lipinski definition) is 3. The predicted octanol–water partition coefficient (Wildman–Crippen LogP) is 2.24. The molecular weight excluding hydrogens is 226 g/mol. The largest absolute Gasteiger partial charge is 0.383 e. The number of rotatable bonds is 1. The van der Waals surface area contributed by atoms with Crippen molar-refractivity contribution in [3.05, 3.63) is 17.7 Å². The summed E-state index contributed by atoms with van der Waals surface area (Å²) in [5.41, 5.74) is 9.09. The topological polar surface area (TPSA) is 61.7 Å². The van der Waals surface area contributed by atoms with Gasteiger partial charge in [-0.05, 0) is 34.6 Å². The third kappa shape index (κ3) is 1.79. The number of imidazole rings is 1. The second-order valence-corrected chi connectivity index (χ2v) is 5.67. The molecule has 0 atom stereocenters. The standard InChI is InChI=1S/C13H21N5/c1-8-10(7-15-17(8)6)11-12(14)18(9(2)16-11)13(3,4)5/h7H,14H2,1-6H3. The molecule has 0 spiro atoms. The fourth-order valence-corrected chi connectivity index (χ4v) is 2.33. The first-order valence-electron chi connectivity index (χ1n) is 6.07. The van der Waals surface area contributed by atoms with E-state index in [0.29, 0.717) is 5.82 Å². The van der Waals surface area contributed by atoms with E-state index in [1.807, 2.05) is 31.8 Å². The van der Waals surface area contributed by atoms with E-state index >= 15 is 0 Å². The molecule has 2 aromatic heterocycles. The van der Waals surface area contributed by atoms with Crippen molar-refractivity contribution >= 4 is 5.82 Å². The van der Waals surface area contributed by atoms with Crippen molar-refractivity contribution in [2.75, 3.05) is 5.73 Å². The van der Waals surface area contributed by atoms with Gasteiger partial charge in [-0.15, -0.1) is 0 Å². The van der Waals surface area contributed by atoms with Crippen LogP contribution in [0.5, 0.6) is 0 Å². The van der Waals surface area contributed by atoms with Crippen molar-refractivity contribution < 1.29 is 0 Å². The molecule has 2 aromatic rings. The summed E-state index contributed by atoms with van der Waals surface area (Å²) in [5.74, 6) is 1.63. The highest BCUT2D eigenvalue weighted by Crippen LogP contribution is 2.32. The summed E-state index contributed by atoms with van der Waals surface area (Å²) in [6, 6.07) is 0. The molecule has 98 valence electrons. The zero-order chi connectivity index (χ0) is 13.7. The lowest BCUT2D eigenvalue weighted by atomic mass is 10.1. The molecule has 5 heteroatoms. The van der Waals surface area contributed by atoms with Gasteiger partial charge in [0.15, 0.2) is 0 Å². The first-order valence-corrected chi connectivity index (χ1v) is 6.07. The summed E-state index contributed by atoms with van der Waals surface area (Å²) < 4.78 is 3.90. The molecule has 0 bridgehead atoms. The van der Waals surface area contributed by atoms with E-state index in [0.717, 1.165) is 22.8 Å². The Bertz CT molecular complexity index is 583. The van der Waals surface area contributed by atoms with Gasteiger partial charge < -0.3 is 10.3 Å². The van der Waals surface area contributed by atoms with Crippen LogP contribution in [0.4, 0.5) is 5.82 Å². The molecule has 0 aliphatic heterocycles. The SMILES string of the molecule is Cc1c(-c2nc(C)n(C(C)(C)C)c2N)cnn1C. The third-order valence-corrected chi connectivity index (χ3v) is 3.24. The quantitative estimate of drug-likeness (QED) is 0.840. The summed E-state index contributed by atoms with van der Waals surface area (Å²) >= 11 is 0. The van der Waals surface area contributed by atoms with Crippen LogP contribution >= 0.6 is 0 Å². The maximum Gasteiger partial charge on any atom is 0.132 e. The number of aromatic nitrogens is 4. The Kier molecular flexibility index (Phi) is 2.72. The number of anilines is 1. The van der Waals surface area contributed by atoms with Gasteiger partial charge in [0, 0.05) is 23.8 Å². The molecule has 0 unspecified atom stereocenters. The monoisotopic (exact) mass is 247 g/mol. The molecule has 0 saturated heterocycles. The van der Waals surface area contributed by atoms with Crippen LogP contribution in [-0.4, -0.2) is 19.3 Å². The molecule has 0 aliphatic carbocycles. The van der Waals surface area contributed by atoms with E-state index < -0.39 is 0 Å². The molecule has 0 fully saturated rings. The van der Waals surface area contributed by atoms with Gasteiger partial charge in [-0.25, -0.2) is 4.98 Å². The lowest BCUT2D eigenvalue weighted by Gasteiger charge is -2.24. The maximum atomic E-state index is 6.26. The van der Waals surface area contributed by atoms with E-state index in [1.165, 1.54) is 0 Å². The Hall–Kier alpha value is -1.78. The van der Waals surface area contributed by atoms with Crippen LogP contribution in [0.25, 0.3) is 11.3 Å². The predicted molar refractivity (Wildman–Crippen MR) is 73.3 cm³/mol. The summed E-state index contributed by atoms with van der Waals surface area (Å²) in [4.78, 5) is 4.61. The first-order chi connectivity index (χ1) is 8.23. The van der Waals surface area contributed by atoms with Crippen LogP contribution in [0, 0.1) is 13.8 Å². The van der Waals surface area contributed by atoms with Crippen molar-refractivity contribution in [1.82, 2.24) is 19.3 Å². The molecule has 2 heterocycles. The van der Waals surface area contributed by atoms with Crippen molar-refractivity contribution in [3.8, 4) is 11.3 Å². The number of nitrogen functional groups attached to an aromatic ring is 1. The molecule has 0 aliphatic rings. The highest BCUT2D eigenvalue weighted by molar-refractivity contribution is 5.72. The molecule has 0 aromatic carbocycles. The number of nitrogens with zero attached hydrogens (tertiary/aromatic N) is 4. The molecule has 0 saturated carbocycles. The van der Waals surface area contributed by atoms with Gasteiger partial charge in [0.05, 0.1) is 6.20 Å². The van der Waals surface area contributed by atoms with E-state index in [1.54, 1.807) is 0 Å². The molecule has 2 rings (SSSR count). The lowest BCUT2D eigenvalue weighted by molar-refractivity contribution is 0.393. The molecule has 5 nitrogen and oxygen atoms in total. The van der Waals surface area contributed by atoms with Gasteiger partial charge in [-0.3, -0.25) is 4.68 Å². The Labute approximate surface area is 108 Å². The minimum atomic E-state index is -0.0739. The van der Waals surface area contributed by atoms with Crippen LogP contribution in [0.15, 0.2) is 6.20 Å². The van der Waals surface area contributed by atoms with E-state index in [2.05, 4.69) is 35.4 Å². The molecule has 0 radical (unpaired) electrons. The smallest absolute Gasteiger partial charge is 0.132 e. The van der Waals surface area contributed by atoms with Crippen molar-refractivity contribution in [3.63, 3.8) is 0 Å². The van der Waals surface area contributed by atoms with Gasteiger partial charge in [0.1, 0.15) is 17.3 Å². The van der Waals surface area contributed by atoms with Crippen LogP contribution in [0.1, 0.15) is 32.3 Å². The average Bonchev–Trinajstić information content (AvgIpc) is 2.69. The normalized spacial score (nSPS) is 12.1. The van der Waals surface area contributed by atoms with Crippen LogP contribution in [0.3, 0.4) is 0 Å². The minimum absolute atomic E-state index is 0.0739.